The Labute approximate surface area is 222 Å². The second-order valence-electron chi connectivity index (χ2n) is 9.89. The number of nitrogens with one attached hydrogen (secondary N) is 2. The smallest absolute Gasteiger partial charge is 0.311 e. The first kappa shape index (κ1) is 27.1. The van der Waals surface area contributed by atoms with E-state index in [-0.39, 0.29) is 24.2 Å². The van der Waals surface area contributed by atoms with Gasteiger partial charge in [0.2, 0.25) is 5.91 Å². The van der Waals surface area contributed by atoms with E-state index in [0.29, 0.717) is 30.4 Å². The maximum absolute atomic E-state index is 13.3. The lowest BCUT2D eigenvalue weighted by atomic mass is 10.0. The molecule has 1 aliphatic carbocycles. The highest BCUT2D eigenvalue weighted by Gasteiger charge is 2.37. The molecule has 200 valence electrons. The lowest BCUT2D eigenvalue weighted by molar-refractivity contribution is -0.148. The Bertz CT molecular complexity index is 1300. The van der Waals surface area contributed by atoms with Crippen LogP contribution in [0.2, 0.25) is 0 Å². The molecule has 2 N–H and O–H groups in total. The normalized spacial score (nSPS) is 17.6. The number of fused-ring (bicyclic) bond motifs is 1. The maximum atomic E-state index is 13.3. The molecule has 0 bridgehead atoms. The van der Waals surface area contributed by atoms with Crippen LogP contribution in [-0.4, -0.2) is 46.8 Å². The number of carbonyl (C=O) groups excluding carboxylic acids is 4. The fourth-order valence-electron chi connectivity index (χ4n) is 5.10. The molecule has 8 heteroatoms. The average molecular weight is 518 g/mol. The van der Waals surface area contributed by atoms with Crippen molar-refractivity contribution in [2.75, 3.05) is 6.61 Å². The number of benzene rings is 2. The number of hydrogen-bond donors (Lipinski definition) is 2. The number of para-hydroxylation sites is 1. The van der Waals surface area contributed by atoms with Crippen LogP contribution in [0.1, 0.15) is 66.2 Å². The van der Waals surface area contributed by atoms with Gasteiger partial charge in [-0.05, 0) is 31.4 Å². The van der Waals surface area contributed by atoms with E-state index in [0.717, 1.165) is 30.2 Å². The summed E-state index contributed by atoms with van der Waals surface area (Å²) in [5, 5.41) is 6.87. The van der Waals surface area contributed by atoms with Crippen molar-refractivity contribution < 1.29 is 23.9 Å². The lowest BCUT2D eigenvalue weighted by Gasteiger charge is -2.24. The zero-order valence-corrected chi connectivity index (χ0v) is 21.9. The summed E-state index contributed by atoms with van der Waals surface area (Å²) < 4.78 is 7.23. The molecule has 2 amide bonds. The highest BCUT2D eigenvalue weighted by atomic mass is 16.5. The van der Waals surface area contributed by atoms with Crippen LogP contribution in [0.15, 0.2) is 60.8 Å². The molecule has 0 aliphatic heterocycles. The van der Waals surface area contributed by atoms with Crippen molar-refractivity contribution in [3.63, 3.8) is 0 Å². The number of carbonyl (C=O) groups is 4. The predicted octanol–water partition coefficient (Wildman–Crippen LogP) is 4.18. The maximum Gasteiger partial charge on any atom is 0.311 e. The minimum atomic E-state index is -0.727. The van der Waals surface area contributed by atoms with Gasteiger partial charge in [0.15, 0.2) is 12.4 Å². The molecule has 1 aliphatic rings. The summed E-state index contributed by atoms with van der Waals surface area (Å²) in [5.41, 5.74) is 1.80. The van der Waals surface area contributed by atoms with Gasteiger partial charge in [-0.25, -0.2) is 0 Å². The van der Waals surface area contributed by atoms with Gasteiger partial charge in [-0.15, -0.1) is 0 Å². The van der Waals surface area contributed by atoms with Gasteiger partial charge in [0.1, 0.15) is 6.04 Å². The van der Waals surface area contributed by atoms with Gasteiger partial charge in [-0.3, -0.25) is 19.2 Å². The summed E-state index contributed by atoms with van der Waals surface area (Å²) in [6.45, 7) is 1.70. The molecule has 0 unspecified atom stereocenters. The SMILES string of the molecule is CCCC[C@H](NC(=O)c1cccc2ccn(C)c12)C(=O)N[C@H]1CCC[C@H]1C(=O)OCC(=O)c1ccccc1. The molecule has 1 heterocycles. The summed E-state index contributed by atoms with van der Waals surface area (Å²) in [5.74, 6) is -1.90. The number of ether oxygens (including phenoxy) is 1. The van der Waals surface area contributed by atoms with Crippen LogP contribution in [0.25, 0.3) is 10.9 Å². The summed E-state index contributed by atoms with van der Waals surface area (Å²) in [7, 11) is 1.88. The third kappa shape index (κ3) is 6.30. The van der Waals surface area contributed by atoms with Gasteiger partial charge >= 0.3 is 5.97 Å². The Kier molecular flexibility index (Phi) is 8.94. The Morgan fingerprint density at radius 2 is 1.82 bits per heavy atom. The third-order valence-electron chi connectivity index (χ3n) is 7.20. The van der Waals surface area contributed by atoms with Gasteiger partial charge in [-0.2, -0.15) is 0 Å². The first-order valence-electron chi connectivity index (χ1n) is 13.3. The molecule has 3 atom stereocenters. The molecule has 1 saturated carbocycles. The molecule has 3 aromatic rings. The van der Waals surface area contributed by atoms with Gasteiger partial charge in [0, 0.05) is 30.2 Å². The topological polar surface area (TPSA) is 106 Å². The van der Waals surface area contributed by atoms with Crippen LogP contribution in [-0.2, 0) is 21.4 Å². The largest absolute Gasteiger partial charge is 0.457 e. The summed E-state index contributed by atoms with van der Waals surface area (Å²) >= 11 is 0. The Morgan fingerprint density at radius 1 is 1.03 bits per heavy atom. The number of aromatic nitrogens is 1. The van der Waals surface area contributed by atoms with Crippen LogP contribution in [0.5, 0.6) is 0 Å². The number of Topliss-reactive ketones (excluding diaryl/α,β-unsaturated/α-hetero) is 1. The molecule has 38 heavy (non-hydrogen) atoms. The van der Waals surface area contributed by atoms with E-state index in [1.807, 2.05) is 49.0 Å². The number of rotatable bonds is 11. The second-order valence-corrected chi connectivity index (χ2v) is 9.89. The monoisotopic (exact) mass is 517 g/mol. The van der Waals surface area contributed by atoms with Crippen LogP contribution in [0, 0.1) is 5.92 Å². The van der Waals surface area contributed by atoms with Crippen LogP contribution in [0.4, 0.5) is 0 Å². The van der Waals surface area contributed by atoms with Crippen LogP contribution in [0.3, 0.4) is 0 Å². The van der Waals surface area contributed by atoms with Crippen molar-refractivity contribution in [3.05, 3.63) is 71.9 Å². The van der Waals surface area contributed by atoms with Gasteiger partial charge in [0.25, 0.3) is 5.91 Å². The summed E-state index contributed by atoms with van der Waals surface area (Å²) in [6.07, 6.45) is 6.00. The highest BCUT2D eigenvalue weighted by molar-refractivity contribution is 6.07. The number of unbranched alkanes of at least 4 members (excludes halogenated alkanes) is 1. The molecule has 1 fully saturated rings. The Morgan fingerprint density at radius 3 is 2.58 bits per heavy atom. The molecule has 0 saturated heterocycles. The van der Waals surface area contributed by atoms with Crippen molar-refractivity contribution >= 4 is 34.5 Å². The molecule has 4 rings (SSSR count). The van der Waals surface area contributed by atoms with Crippen LogP contribution < -0.4 is 10.6 Å². The van der Waals surface area contributed by atoms with E-state index in [1.165, 1.54) is 0 Å². The first-order chi connectivity index (χ1) is 18.4. The number of hydrogen-bond acceptors (Lipinski definition) is 5. The number of amides is 2. The van der Waals surface area contributed by atoms with Gasteiger partial charge in [0.05, 0.1) is 17.0 Å². The zero-order chi connectivity index (χ0) is 27.1. The van der Waals surface area contributed by atoms with Crippen molar-refractivity contribution in [1.82, 2.24) is 15.2 Å². The minimum absolute atomic E-state index is 0.270. The quantitative estimate of drug-likeness (QED) is 0.293. The van der Waals surface area contributed by atoms with E-state index >= 15 is 0 Å². The van der Waals surface area contributed by atoms with Gasteiger partial charge in [-0.1, -0.05) is 68.7 Å². The summed E-state index contributed by atoms with van der Waals surface area (Å²) in [6, 6.07) is 15.0. The van der Waals surface area contributed by atoms with E-state index in [2.05, 4.69) is 10.6 Å². The molecule has 0 radical (unpaired) electrons. The molecule has 0 spiro atoms. The van der Waals surface area contributed by atoms with E-state index < -0.39 is 24.0 Å². The van der Waals surface area contributed by atoms with Crippen molar-refractivity contribution in [2.24, 2.45) is 13.0 Å². The van der Waals surface area contributed by atoms with Crippen molar-refractivity contribution in [3.8, 4) is 0 Å². The molecule has 2 aromatic carbocycles. The standard InChI is InChI=1S/C30H35N3O5/c1-3-4-15-25(32-28(35)23-14-8-12-21-17-18-33(2)27(21)23)29(36)31-24-16-9-13-22(24)30(37)38-19-26(34)20-10-6-5-7-11-20/h5-8,10-12,14,17-18,22,24-25H,3-4,9,13,15-16,19H2,1-2H3,(H,31,36)(H,32,35)/t22-,24+,25+/m1/s1. The average Bonchev–Trinajstić information content (AvgIpc) is 3.56. The number of ketones is 1. The molecule has 8 nitrogen and oxygen atoms in total. The highest BCUT2D eigenvalue weighted by Crippen LogP contribution is 2.27. The second kappa shape index (κ2) is 12.5. The summed E-state index contributed by atoms with van der Waals surface area (Å²) in [4.78, 5) is 51.7. The van der Waals surface area contributed by atoms with E-state index in [1.54, 1.807) is 30.3 Å². The zero-order valence-electron chi connectivity index (χ0n) is 21.9. The van der Waals surface area contributed by atoms with Gasteiger partial charge < -0.3 is 19.9 Å². The molecular formula is C30H35N3O5. The lowest BCUT2D eigenvalue weighted by Crippen LogP contribution is -2.51. The molecular weight excluding hydrogens is 482 g/mol. The third-order valence-corrected chi connectivity index (χ3v) is 7.20. The Hall–Kier alpha value is -3.94. The van der Waals surface area contributed by atoms with E-state index in [9.17, 15) is 19.2 Å². The minimum Gasteiger partial charge on any atom is -0.457 e. The fraction of sp³-hybridized carbons (Fsp3) is 0.400. The number of esters is 1. The fourth-order valence-corrected chi connectivity index (χ4v) is 5.10. The van der Waals surface area contributed by atoms with E-state index in [4.69, 9.17) is 4.74 Å². The number of nitrogens with zero attached hydrogens (tertiary/aromatic N) is 1. The number of aryl methyl sites for hydroxylation is 1. The Balaban J connectivity index is 1.39. The molecule has 1 aromatic heterocycles. The van der Waals surface area contributed by atoms with Crippen LogP contribution >= 0.6 is 0 Å². The predicted molar refractivity (Wildman–Crippen MR) is 145 cm³/mol. The van der Waals surface area contributed by atoms with Crippen molar-refractivity contribution in [1.29, 1.82) is 0 Å². The van der Waals surface area contributed by atoms with Crippen molar-refractivity contribution in [2.45, 2.75) is 57.5 Å². The first-order valence-corrected chi connectivity index (χ1v) is 13.3.